The maximum atomic E-state index is 10.9. The van der Waals surface area contributed by atoms with Crippen LogP contribution in [0.25, 0.3) is 0 Å². The minimum absolute atomic E-state index is 0.110. The number of aliphatic carboxylic acids is 1. The molecule has 0 aromatic rings. The van der Waals surface area contributed by atoms with Crippen LogP contribution >= 0.6 is 0 Å². The Morgan fingerprint density at radius 1 is 1.35 bits per heavy atom. The average molecular weight is 269 g/mol. The third-order valence-electron chi connectivity index (χ3n) is 2.37. The number of carbonyl (C=O) groups is 1. The van der Waals surface area contributed by atoms with Crippen molar-refractivity contribution in [2.75, 3.05) is 18.8 Å². The van der Waals surface area contributed by atoms with Gasteiger partial charge >= 0.3 is 5.97 Å². The van der Waals surface area contributed by atoms with Crippen LogP contribution in [0.5, 0.6) is 0 Å². The highest BCUT2D eigenvalue weighted by Gasteiger charge is 2.25. The van der Waals surface area contributed by atoms with Crippen molar-refractivity contribution < 1.29 is 28.0 Å². The van der Waals surface area contributed by atoms with Crippen LogP contribution in [-0.2, 0) is 14.9 Å². The fourth-order valence-corrected chi connectivity index (χ4v) is 2.22. The van der Waals surface area contributed by atoms with Gasteiger partial charge in [-0.05, 0) is 13.0 Å². The molecule has 0 spiro atoms. The maximum Gasteiger partial charge on any atom is 0.320 e. The molecule has 0 saturated heterocycles. The van der Waals surface area contributed by atoms with Crippen LogP contribution in [0, 0.1) is 0 Å². The molecule has 7 nitrogen and oxygen atoms in total. The Bertz CT molecular complexity index is 341. The summed E-state index contributed by atoms with van der Waals surface area (Å²) in [5, 5.41) is 18.4. The van der Waals surface area contributed by atoms with Crippen molar-refractivity contribution in [3.05, 3.63) is 0 Å². The fraction of sp³-hybridized carbons (Fsp3) is 0.889. The Kier molecular flexibility index (Phi) is 6.61. The SMILES string of the molecule is CC[C@@H](C(=O)O)N(CC)CC(O)CS(=O)(=O)O. The van der Waals surface area contributed by atoms with E-state index in [1.54, 1.807) is 13.8 Å². The molecule has 17 heavy (non-hydrogen) atoms. The van der Waals surface area contributed by atoms with Gasteiger partial charge in [-0.15, -0.1) is 0 Å². The molecule has 3 N–H and O–H groups in total. The second kappa shape index (κ2) is 6.90. The van der Waals surface area contributed by atoms with E-state index in [2.05, 4.69) is 0 Å². The number of hydrogen-bond acceptors (Lipinski definition) is 5. The Morgan fingerprint density at radius 3 is 2.18 bits per heavy atom. The van der Waals surface area contributed by atoms with Crippen molar-refractivity contribution in [2.24, 2.45) is 0 Å². The van der Waals surface area contributed by atoms with Crippen molar-refractivity contribution >= 4 is 16.1 Å². The van der Waals surface area contributed by atoms with Crippen LogP contribution in [0.1, 0.15) is 20.3 Å². The van der Waals surface area contributed by atoms with Crippen molar-refractivity contribution in [1.29, 1.82) is 0 Å². The number of nitrogens with zero attached hydrogens (tertiary/aromatic N) is 1. The summed E-state index contributed by atoms with van der Waals surface area (Å²) in [6.07, 6.45) is -0.958. The van der Waals surface area contributed by atoms with Crippen LogP contribution < -0.4 is 0 Å². The quantitative estimate of drug-likeness (QED) is 0.505. The van der Waals surface area contributed by atoms with Gasteiger partial charge in [-0.3, -0.25) is 14.2 Å². The molecule has 0 saturated carbocycles. The van der Waals surface area contributed by atoms with E-state index >= 15 is 0 Å². The maximum absolute atomic E-state index is 10.9. The van der Waals surface area contributed by atoms with E-state index in [4.69, 9.17) is 9.66 Å². The Morgan fingerprint density at radius 2 is 1.88 bits per heavy atom. The topological polar surface area (TPSA) is 115 Å². The van der Waals surface area contributed by atoms with Gasteiger partial charge in [0.25, 0.3) is 10.1 Å². The van der Waals surface area contributed by atoms with Crippen molar-refractivity contribution in [3.8, 4) is 0 Å². The third-order valence-corrected chi connectivity index (χ3v) is 3.17. The van der Waals surface area contributed by atoms with E-state index in [9.17, 15) is 18.3 Å². The Balaban J connectivity index is 4.54. The van der Waals surface area contributed by atoms with Gasteiger partial charge in [0, 0.05) is 6.54 Å². The molecule has 102 valence electrons. The highest BCUT2D eigenvalue weighted by atomic mass is 32.2. The van der Waals surface area contributed by atoms with Gasteiger partial charge in [0.1, 0.15) is 11.8 Å². The van der Waals surface area contributed by atoms with Crippen molar-refractivity contribution in [1.82, 2.24) is 4.90 Å². The first kappa shape index (κ1) is 16.3. The van der Waals surface area contributed by atoms with E-state index in [1.165, 1.54) is 4.90 Å². The Hall–Kier alpha value is -0.700. The van der Waals surface area contributed by atoms with Crippen LogP contribution in [0.15, 0.2) is 0 Å². The van der Waals surface area contributed by atoms with Crippen LogP contribution in [0.3, 0.4) is 0 Å². The van der Waals surface area contributed by atoms with Crippen LogP contribution in [0.4, 0.5) is 0 Å². The van der Waals surface area contributed by atoms with Crippen LogP contribution in [0.2, 0.25) is 0 Å². The monoisotopic (exact) mass is 269 g/mol. The summed E-state index contributed by atoms with van der Waals surface area (Å²) in [6.45, 7) is 3.66. The zero-order valence-electron chi connectivity index (χ0n) is 9.90. The van der Waals surface area contributed by atoms with E-state index in [-0.39, 0.29) is 6.54 Å². The summed E-state index contributed by atoms with van der Waals surface area (Å²) in [7, 11) is -4.25. The Labute approximate surface area is 101 Å². The first-order chi connectivity index (χ1) is 7.71. The molecular formula is C9H19NO6S. The van der Waals surface area contributed by atoms with Gasteiger partial charge in [-0.2, -0.15) is 8.42 Å². The number of rotatable bonds is 8. The van der Waals surface area contributed by atoms with E-state index in [0.717, 1.165) is 0 Å². The lowest BCUT2D eigenvalue weighted by molar-refractivity contribution is -0.143. The summed E-state index contributed by atoms with van der Waals surface area (Å²) < 4.78 is 29.6. The standard InChI is InChI=1S/C9H19NO6S/c1-3-8(9(12)13)10(4-2)5-7(11)6-17(14,15)16/h7-8,11H,3-6H2,1-2H3,(H,12,13)(H,14,15,16)/t7?,8-/m0/s1. The second-order valence-corrected chi connectivity index (χ2v) is 5.25. The summed E-state index contributed by atoms with van der Waals surface area (Å²) in [4.78, 5) is 12.4. The van der Waals surface area contributed by atoms with Crippen molar-refractivity contribution in [2.45, 2.75) is 32.4 Å². The normalized spacial score (nSPS) is 15.8. The van der Waals surface area contributed by atoms with Crippen LogP contribution in [-0.4, -0.2) is 65.0 Å². The molecule has 0 radical (unpaired) electrons. The molecule has 0 rings (SSSR count). The van der Waals surface area contributed by atoms with E-state index in [1.807, 2.05) is 0 Å². The molecule has 0 aliphatic heterocycles. The van der Waals surface area contributed by atoms with Gasteiger partial charge in [0.2, 0.25) is 0 Å². The average Bonchev–Trinajstić information content (AvgIpc) is 2.13. The number of aliphatic hydroxyl groups is 1. The predicted molar refractivity (Wildman–Crippen MR) is 61.4 cm³/mol. The molecule has 0 fully saturated rings. The van der Waals surface area contributed by atoms with Gasteiger partial charge < -0.3 is 10.2 Å². The minimum Gasteiger partial charge on any atom is -0.480 e. The van der Waals surface area contributed by atoms with Gasteiger partial charge in [0.05, 0.1) is 6.10 Å². The highest BCUT2D eigenvalue weighted by molar-refractivity contribution is 7.85. The number of carboxylic acids is 1. The van der Waals surface area contributed by atoms with Gasteiger partial charge in [-0.25, -0.2) is 0 Å². The summed E-state index contributed by atoms with van der Waals surface area (Å²) >= 11 is 0. The lowest BCUT2D eigenvalue weighted by Crippen LogP contribution is -2.45. The number of carboxylic acid groups (broad SMARTS) is 1. The zero-order chi connectivity index (χ0) is 13.6. The number of likely N-dealkylation sites (N-methyl/N-ethyl adjacent to an activating group) is 1. The number of hydrogen-bond donors (Lipinski definition) is 3. The van der Waals surface area contributed by atoms with Crippen molar-refractivity contribution in [3.63, 3.8) is 0 Å². The molecule has 2 atom stereocenters. The van der Waals surface area contributed by atoms with Gasteiger partial charge in [-0.1, -0.05) is 13.8 Å². The third kappa shape index (κ3) is 6.57. The molecule has 0 aliphatic rings. The summed E-state index contributed by atoms with van der Waals surface area (Å²) in [5.74, 6) is -1.81. The lowest BCUT2D eigenvalue weighted by atomic mass is 10.2. The molecule has 8 heteroatoms. The predicted octanol–water partition coefficient (Wildman–Crippen LogP) is -0.580. The molecule has 1 unspecified atom stereocenters. The summed E-state index contributed by atoms with van der Waals surface area (Å²) in [6, 6.07) is -0.768. The highest BCUT2D eigenvalue weighted by Crippen LogP contribution is 2.06. The summed E-state index contributed by atoms with van der Waals surface area (Å²) in [5.41, 5.74) is 0. The molecule has 0 amide bonds. The molecule has 0 heterocycles. The van der Waals surface area contributed by atoms with E-state index in [0.29, 0.717) is 13.0 Å². The smallest absolute Gasteiger partial charge is 0.320 e. The molecular weight excluding hydrogens is 250 g/mol. The molecule has 0 bridgehead atoms. The van der Waals surface area contributed by atoms with E-state index < -0.39 is 34.0 Å². The minimum atomic E-state index is -4.25. The molecule has 0 aromatic heterocycles. The first-order valence-corrected chi connectivity index (χ1v) is 6.92. The zero-order valence-corrected chi connectivity index (χ0v) is 10.7. The number of aliphatic hydroxyl groups excluding tert-OH is 1. The fourth-order valence-electron chi connectivity index (χ4n) is 1.63. The molecule has 0 aromatic carbocycles. The largest absolute Gasteiger partial charge is 0.480 e. The second-order valence-electron chi connectivity index (χ2n) is 3.75. The lowest BCUT2D eigenvalue weighted by Gasteiger charge is -2.28. The first-order valence-electron chi connectivity index (χ1n) is 5.31. The molecule has 0 aliphatic carbocycles. The van der Waals surface area contributed by atoms with Gasteiger partial charge in [0.15, 0.2) is 0 Å².